The molecule has 6 heteroatoms. The summed E-state index contributed by atoms with van der Waals surface area (Å²) < 4.78 is 63.8. The summed E-state index contributed by atoms with van der Waals surface area (Å²) in [5, 5.41) is 0. The molecule has 0 aromatic heterocycles. The van der Waals surface area contributed by atoms with Crippen LogP contribution in [0.4, 0.5) is 22.0 Å². The van der Waals surface area contributed by atoms with Crippen LogP contribution in [0.25, 0.3) is 0 Å². The molecule has 0 bridgehead atoms. The predicted octanol–water partition coefficient (Wildman–Crippen LogP) is 2.75. The Hall–Kier alpha value is -0.390. The van der Waals surface area contributed by atoms with E-state index in [1.807, 2.05) is 0 Å². The first-order valence-corrected chi connectivity index (χ1v) is 3.93. The van der Waals surface area contributed by atoms with Crippen molar-refractivity contribution in [2.45, 2.75) is 44.1 Å². The van der Waals surface area contributed by atoms with E-state index in [0.29, 0.717) is 0 Å². The summed E-state index contributed by atoms with van der Waals surface area (Å²) in [4.78, 5) is 0. The van der Waals surface area contributed by atoms with Crippen molar-refractivity contribution in [2.24, 2.45) is 0 Å². The van der Waals surface area contributed by atoms with Crippen molar-refractivity contribution in [1.82, 2.24) is 0 Å². The van der Waals surface area contributed by atoms with Gasteiger partial charge >= 0.3 is 6.36 Å². The second-order valence-corrected chi connectivity index (χ2v) is 2.99. The van der Waals surface area contributed by atoms with Crippen molar-refractivity contribution in [3.63, 3.8) is 0 Å². The molecular formula is C7H9F5O. The smallest absolute Gasteiger partial charge is 0.282 e. The fraction of sp³-hybridized carbons (Fsp3) is 1.00. The van der Waals surface area contributed by atoms with Gasteiger partial charge in [-0.2, -0.15) is 0 Å². The van der Waals surface area contributed by atoms with Crippen LogP contribution >= 0.6 is 0 Å². The first kappa shape index (κ1) is 10.7. The zero-order chi connectivity index (χ0) is 10.1. The van der Waals surface area contributed by atoms with Crippen molar-refractivity contribution >= 4 is 0 Å². The maximum atomic E-state index is 12.8. The predicted molar refractivity (Wildman–Crippen MR) is 34.6 cm³/mol. The maximum absolute atomic E-state index is 12.8. The number of hydrogen-bond donors (Lipinski definition) is 0. The van der Waals surface area contributed by atoms with E-state index in [9.17, 15) is 22.0 Å². The van der Waals surface area contributed by atoms with Gasteiger partial charge in [0.15, 0.2) is 0 Å². The van der Waals surface area contributed by atoms with E-state index >= 15 is 0 Å². The lowest BCUT2D eigenvalue weighted by Gasteiger charge is -2.29. The summed E-state index contributed by atoms with van der Waals surface area (Å²) >= 11 is 0. The Balaban J connectivity index is 2.54. The highest BCUT2D eigenvalue weighted by Gasteiger charge is 2.43. The van der Waals surface area contributed by atoms with Crippen molar-refractivity contribution in [1.29, 1.82) is 0 Å². The number of halogens is 5. The Labute approximate surface area is 71.9 Å². The van der Waals surface area contributed by atoms with Crippen LogP contribution in [-0.2, 0) is 4.74 Å². The summed E-state index contributed by atoms with van der Waals surface area (Å²) in [7, 11) is 0. The molecule has 0 heterocycles. The molecule has 1 nitrogen and oxygen atoms in total. The highest BCUT2D eigenvalue weighted by atomic mass is 19.4. The second-order valence-electron chi connectivity index (χ2n) is 2.99. The van der Waals surface area contributed by atoms with Crippen molar-refractivity contribution in [3.05, 3.63) is 0 Å². The summed E-state index contributed by atoms with van der Waals surface area (Å²) in [5.74, 6) is 0. The van der Waals surface area contributed by atoms with Gasteiger partial charge in [-0.05, 0) is 19.3 Å². The van der Waals surface area contributed by atoms with Gasteiger partial charge in [0.05, 0.1) is 0 Å². The highest BCUT2D eigenvalue weighted by molar-refractivity contribution is 4.83. The third-order valence-electron chi connectivity index (χ3n) is 1.94. The van der Waals surface area contributed by atoms with Crippen LogP contribution in [-0.4, -0.2) is 24.8 Å². The monoisotopic (exact) mass is 204 g/mol. The van der Waals surface area contributed by atoms with E-state index in [1.165, 1.54) is 0 Å². The molecule has 1 rings (SSSR count). The van der Waals surface area contributed by atoms with Crippen molar-refractivity contribution in [2.75, 3.05) is 0 Å². The molecule has 0 aromatic carbocycles. The summed E-state index contributed by atoms with van der Waals surface area (Å²) in [6.07, 6.45) is -10.5. The summed E-state index contributed by atoms with van der Waals surface area (Å²) in [5.41, 5.74) is 0. The summed E-state index contributed by atoms with van der Waals surface area (Å²) in [6.45, 7) is 0. The Morgan fingerprint density at radius 1 is 1.00 bits per heavy atom. The van der Waals surface area contributed by atoms with Crippen LogP contribution in [0.2, 0.25) is 0 Å². The zero-order valence-corrected chi connectivity index (χ0v) is 6.65. The third kappa shape index (κ3) is 3.10. The highest BCUT2D eigenvalue weighted by Crippen LogP contribution is 2.31. The first-order valence-electron chi connectivity index (χ1n) is 3.93. The minimum absolute atomic E-state index is 0.0683. The number of alkyl halides is 5. The van der Waals surface area contributed by atoms with Crippen molar-refractivity contribution < 1.29 is 26.7 Å². The molecule has 78 valence electrons. The third-order valence-corrected chi connectivity index (χ3v) is 1.94. The molecule has 1 aliphatic rings. The average Bonchev–Trinajstić information content (AvgIpc) is 1.95. The standard InChI is InChI=1S/C7H9F5O/c8-4-2-1-3-5(9)6(4)13-7(10,11)12/h4-6H,1-3H2. The molecule has 1 fully saturated rings. The molecule has 0 amide bonds. The van der Waals surface area contributed by atoms with Crippen LogP contribution in [0.3, 0.4) is 0 Å². The molecular weight excluding hydrogens is 195 g/mol. The number of hydrogen-bond acceptors (Lipinski definition) is 1. The maximum Gasteiger partial charge on any atom is 0.522 e. The lowest BCUT2D eigenvalue weighted by atomic mass is 9.94. The Bertz CT molecular complexity index is 159. The Morgan fingerprint density at radius 3 is 1.85 bits per heavy atom. The van der Waals surface area contributed by atoms with Gasteiger partial charge in [0.25, 0.3) is 0 Å². The molecule has 1 saturated carbocycles. The van der Waals surface area contributed by atoms with Crippen LogP contribution in [0.5, 0.6) is 0 Å². The quantitative estimate of drug-likeness (QED) is 0.597. The van der Waals surface area contributed by atoms with Crippen LogP contribution < -0.4 is 0 Å². The van der Waals surface area contributed by atoms with Gasteiger partial charge in [0, 0.05) is 0 Å². The molecule has 0 N–H and O–H groups in total. The van der Waals surface area contributed by atoms with Gasteiger partial charge in [-0.3, -0.25) is 4.74 Å². The molecule has 13 heavy (non-hydrogen) atoms. The molecule has 0 radical (unpaired) electrons. The fourth-order valence-corrected chi connectivity index (χ4v) is 1.36. The zero-order valence-electron chi connectivity index (χ0n) is 6.65. The molecule has 0 aliphatic heterocycles. The lowest BCUT2D eigenvalue weighted by molar-refractivity contribution is -0.357. The lowest BCUT2D eigenvalue weighted by Crippen LogP contribution is -2.42. The molecule has 2 atom stereocenters. The van der Waals surface area contributed by atoms with Gasteiger partial charge in [0.1, 0.15) is 18.4 Å². The molecule has 0 saturated heterocycles. The van der Waals surface area contributed by atoms with Crippen LogP contribution in [0.15, 0.2) is 0 Å². The largest absolute Gasteiger partial charge is 0.522 e. The topological polar surface area (TPSA) is 9.23 Å². The normalized spacial score (nSPS) is 36.2. The molecule has 0 spiro atoms. The fourth-order valence-electron chi connectivity index (χ4n) is 1.36. The van der Waals surface area contributed by atoms with Gasteiger partial charge in [-0.15, -0.1) is 13.2 Å². The van der Waals surface area contributed by atoms with E-state index in [0.717, 1.165) is 0 Å². The minimum atomic E-state index is -4.96. The second kappa shape index (κ2) is 3.77. The number of ether oxygens (including phenoxy) is 1. The van der Waals surface area contributed by atoms with E-state index in [-0.39, 0.29) is 19.3 Å². The minimum Gasteiger partial charge on any atom is -0.282 e. The molecule has 2 unspecified atom stereocenters. The Morgan fingerprint density at radius 2 is 1.46 bits per heavy atom. The van der Waals surface area contributed by atoms with Crippen LogP contribution in [0.1, 0.15) is 19.3 Å². The van der Waals surface area contributed by atoms with Crippen molar-refractivity contribution in [3.8, 4) is 0 Å². The summed E-state index contributed by atoms with van der Waals surface area (Å²) in [6, 6.07) is 0. The molecule has 1 aliphatic carbocycles. The number of rotatable bonds is 1. The van der Waals surface area contributed by atoms with E-state index < -0.39 is 24.8 Å². The molecule has 0 aromatic rings. The van der Waals surface area contributed by atoms with E-state index in [4.69, 9.17) is 0 Å². The average molecular weight is 204 g/mol. The van der Waals surface area contributed by atoms with Gasteiger partial charge in [0.2, 0.25) is 0 Å². The first-order chi connectivity index (χ1) is 5.90. The van der Waals surface area contributed by atoms with E-state index in [2.05, 4.69) is 4.74 Å². The van der Waals surface area contributed by atoms with Gasteiger partial charge < -0.3 is 0 Å². The van der Waals surface area contributed by atoms with Crippen LogP contribution in [0, 0.1) is 0 Å². The Kier molecular flexibility index (Phi) is 3.10. The SMILES string of the molecule is FC1CCCC(F)C1OC(F)(F)F. The van der Waals surface area contributed by atoms with Gasteiger partial charge in [-0.1, -0.05) is 0 Å². The van der Waals surface area contributed by atoms with Gasteiger partial charge in [-0.25, -0.2) is 8.78 Å². The van der Waals surface area contributed by atoms with E-state index in [1.54, 1.807) is 0 Å².